The molecule has 5 nitrogen and oxygen atoms in total. The van der Waals surface area contributed by atoms with Crippen LogP contribution in [0.5, 0.6) is 5.75 Å². The Bertz CT molecular complexity index is 908. The number of benzene rings is 2. The molecule has 116 valence electrons. The van der Waals surface area contributed by atoms with Gasteiger partial charge in [-0.3, -0.25) is 9.71 Å². The zero-order chi connectivity index (χ0) is 16.3. The number of hydrogen-bond acceptors (Lipinski definition) is 4. The lowest BCUT2D eigenvalue weighted by Gasteiger charge is -2.09. The minimum absolute atomic E-state index is 0.00163. The van der Waals surface area contributed by atoms with Gasteiger partial charge in [-0.2, -0.15) is 0 Å². The van der Waals surface area contributed by atoms with E-state index in [4.69, 9.17) is 0 Å². The Morgan fingerprint density at radius 2 is 1.52 bits per heavy atom. The highest BCUT2D eigenvalue weighted by Gasteiger charge is 2.14. The van der Waals surface area contributed by atoms with Crippen molar-refractivity contribution in [1.82, 2.24) is 4.98 Å². The van der Waals surface area contributed by atoms with Crippen molar-refractivity contribution in [2.45, 2.75) is 4.90 Å². The Hall–Kier alpha value is -2.86. The van der Waals surface area contributed by atoms with E-state index in [0.29, 0.717) is 5.69 Å². The van der Waals surface area contributed by atoms with Crippen LogP contribution in [0.2, 0.25) is 0 Å². The van der Waals surface area contributed by atoms with Crippen LogP contribution in [0.15, 0.2) is 78.0 Å². The van der Waals surface area contributed by atoms with Gasteiger partial charge in [-0.05, 0) is 47.5 Å². The second-order valence-corrected chi connectivity index (χ2v) is 6.60. The molecule has 2 aromatic carbocycles. The van der Waals surface area contributed by atoms with Gasteiger partial charge in [0.05, 0.1) is 10.6 Å². The summed E-state index contributed by atoms with van der Waals surface area (Å²) >= 11 is 0. The number of rotatable bonds is 4. The van der Waals surface area contributed by atoms with Gasteiger partial charge >= 0.3 is 0 Å². The number of nitrogens with one attached hydrogen (secondary N) is 1. The second-order valence-electron chi connectivity index (χ2n) is 4.92. The van der Waals surface area contributed by atoms with Gasteiger partial charge in [-0.1, -0.05) is 18.2 Å². The molecule has 2 N–H and O–H groups in total. The molecule has 1 heterocycles. The summed E-state index contributed by atoms with van der Waals surface area (Å²) in [6.07, 6.45) is 3.37. The highest BCUT2D eigenvalue weighted by Crippen LogP contribution is 2.23. The first-order valence-electron chi connectivity index (χ1n) is 6.87. The molecule has 0 aliphatic rings. The van der Waals surface area contributed by atoms with E-state index in [0.717, 1.165) is 11.1 Å². The molecule has 0 atom stereocenters. The summed E-state index contributed by atoms with van der Waals surface area (Å²) in [6, 6.07) is 16.2. The van der Waals surface area contributed by atoms with Gasteiger partial charge in [0.15, 0.2) is 0 Å². The number of aromatic nitrogens is 1. The fourth-order valence-corrected chi connectivity index (χ4v) is 3.20. The molecular weight excluding hydrogens is 312 g/mol. The number of sulfonamides is 1. The normalized spacial score (nSPS) is 11.1. The molecule has 0 radical (unpaired) electrons. The standard InChI is InChI=1S/C17H14N2O3S/c20-16-3-1-2-15(12-16)19-23(21,22)17-6-4-13(5-7-17)14-8-10-18-11-9-14/h1-12,19-20H. The Kier molecular flexibility index (Phi) is 3.99. The largest absolute Gasteiger partial charge is 0.508 e. The number of anilines is 1. The lowest BCUT2D eigenvalue weighted by atomic mass is 10.1. The summed E-state index contributed by atoms with van der Waals surface area (Å²) in [5.74, 6) is -0.00163. The van der Waals surface area contributed by atoms with E-state index in [-0.39, 0.29) is 10.6 Å². The smallest absolute Gasteiger partial charge is 0.261 e. The molecule has 1 aromatic heterocycles. The van der Waals surface area contributed by atoms with Crippen LogP contribution in [0.25, 0.3) is 11.1 Å². The summed E-state index contributed by atoms with van der Waals surface area (Å²) in [5, 5.41) is 9.40. The van der Waals surface area contributed by atoms with Crippen molar-refractivity contribution < 1.29 is 13.5 Å². The molecule has 0 amide bonds. The van der Waals surface area contributed by atoms with Crippen molar-refractivity contribution in [3.8, 4) is 16.9 Å². The van der Waals surface area contributed by atoms with E-state index in [2.05, 4.69) is 9.71 Å². The van der Waals surface area contributed by atoms with Crippen molar-refractivity contribution in [2.24, 2.45) is 0 Å². The van der Waals surface area contributed by atoms with Crippen LogP contribution in [-0.4, -0.2) is 18.5 Å². The first-order valence-corrected chi connectivity index (χ1v) is 8.35. The van der Waals surface area contributed by atoms with E-state index in [1.54, 1.807) is 48.8 Å². The predicted molar refractivity (Wildman–Crippen MR) is 88.6 cm³/mol. The molecule has 0 spiro atoms. The van der Waals surface area contributed by atoms with E-state index < -0.39 is 10.0 Å². The van der Waals surface area contributed by atoms with Gasteiger partial charge < -0.3 is 5.11 Å². The highest BCUT2D eigenvalue weighted by atomic mass is 32.2. The van der Waals surface area contributed by atoms with Gasteiger partial charge in [-0.15, -0.1) is 0 Å². The molecular formula is C17H14N2O3S. The molecule has 0 bridgehead atoms. The third-order valence-corrected chi connectivity index (χ3v) is 4.67. The van der Waals surface area contributed by atoms with E-state index in [1.807, 2.05) is 12.1 Å². The zero-order valence-electron chi connectivity index (χ0n) is 12.0. The Balaban J connectivity index is 1.86. The summed E-state index contributed by atoms with van der Waals surface area (Å²) in [5.41, 5.74) is 2.18. The summed E-state index contributed by atoms with van der Waals surface area (Å²) in [7, 11) is -3.70. The molecule has 0 saturated heterocycles. The average molecular weight is 326 g/mol. The van der Waals surface area contributed by atoms with Crippen LogP contribution < -0.4 is 4.72 Å². The number of aromatic hydroxyl groups is 1. The number of phenols is 1. The molecule has 0 unspecified atom stereocenters. The molecule has 6 heteroatoms. The summed E-state index contributed by atoms with van der Waals surface area (Å²) < 4.78 is 27.2. The third kappa shape index (κ3) is 3.49. The lowest BCUT2D eigenvalue weighted by Crippen LogP contribution is -2.12. The first-order chi connectivity index (χ1) is 11.0. The lowest BCUT2D eigenvalue weighted by molar-refractivity contribution is 0.475. The maximum atomic E-state index is 12.4. The van der Waals surface area contributed by atoms with Gasteiger partial charge in [0.2, 0.25) is 0 Å². The van der Waals surface area contributed by atoms with Crippen molar-refractivity contribution >= 4 is 15.7 Å². The minimum Gasteiger partial charge on any atom is -0.508 e. The van der Waals surface area contributed by atoms with Gasteiger partial charge in [0.1, 0.15) is 5.75 Å². The number of pyridine rings is 1. The van der Waals surface area contributed by atoms with Crippen LogP contribution in [0.4, 0.5) is 5.69 Å². The summed E-state index contributed by atoms with van der Waals surface area (Å²) in [4.78, 5) is 4.11. The quantitative estimate of drug-likeness (QED) is 0.771. The minimum atomic E-state index is -3.70. The molecule has 0 aliphatic heterocycles. The molecule has 3 rings (SSSR count). The monoisotopic (exact) mass is 326 g/mol. The van der Waals surface area contributed by atoms with E-state index in [1.165, 1.54) is 12.1 Å². The predicted octanol–water partition coefficient (Wildman–Crippen LogP) is 3.26. The maximum Gasteiger partial charge on any atom is 0.261 e. The van der Waals surface area contributed by atoms with Crippen LogP contribution in [-0.2, 0) is 10.0 Å². The fraction of sp³-hybridized carbons (Fsp3) is 0. The third-order valence-electron chi connectivity index (χ3n) is 3.28. The Morgan fingerprint density at radius 3 is 2.17 bits per heavy atom. The molecule has 0 aliphatic carbocycles. The van der Waals surface area contributed by atoms with Gasteiger partial charge in [-0.25, -0.2) is 8.42 Å². The Morgan fingerprint density at radius 1 is 0.870 bits per heavy atom. The van der Waals surface area contributed by atoms with Crippen LogP contribution in [0.1, 0.15) is 0 Å². The molecule has 0 fully saturated rings. The van der Waals surface area contributed by atoms with E-state index >= 15 is 0 Å². The number of phenolic OH excluding ortho intramolecular Hbond substituents is 1. The molecule has 0 saturated carbocycles. The van der Waals surface area contributed by atoms with E-state index in [9.17, 15) is 13.5 Å². The Labute approximate surface area is 134 Å². The number of nitrogens with zero attached hydrogens (tertiary/aromatic N) is 1. The molecule has 23 heavy (non-hydrogen) atoms. The number of hydrogen-bond donors (Lipinski definition) is 2. The van der Waals surface area contributed by atoms with Gasteiger partial charge in [0.25, 0.3) is 10.0 Å². The molecule has 3 aromatic rings. The van der Waals surface area contributed by atoms with Gasteiger partial charge in [0, 0.05) is 18.5 Å². The van der Waals surface area contributed by atoms with Crippen molar-refractivity contribution in [3.05, 3.63) is 73.1 Å². The van der Waals surface area contributed by atoms with Crippen LogP contribution >= 0.6 is 0 Å². The van der Waals surface area contributed by atoms with Crippen LogP contribution in [0.3, 0.4) is 0 Å². The van der Waals surface area contributed by atoms with Crippen molar-refractivity contribution in [1.29, 1.82) is 0 Å². The first kappa shape index (κ1) is 15.1. The zero-order valence-corrected chi connectivity index (χ0v) is 12.9. The fourth-order valence-electron chi connectivity index (χ4n) is 2.15. The SMILES string of the molecule is O=S(=O)(Nc1cccc(O)c1)c1ccc(-c2ccncc2)cc1. The maximum absolute atomic E-state index is 12.4. The summed E-state index contributed by atoms with van der Waals surface area (Å²) in [6.45, 7) is 0. The van der Waals surface area contributed by atoms with Crippen molar-refractivity contribution in [2.75, 3.05) is 4.72 Å². The van der Waals surface area contributed by atoms with Crippen molar-refractivity contribution in [3.63, 3.8) is 0 Å². The van der Waals surface area contributed by atoms with Crippen LogP contribution in [0, 0.1) is 0 Å². The average Bonchev–Trinajstić information content (AvgIpc) is 2.55. The second kappa shape index (κ2) is 6.10. The topological polar surface area (TPSA) is 79.3 Å². The highest BCUT2D eigenvalue weighted by molar-refractivity contribution is 7.92.